The molecule has 6 rings (SSSR count). The van der Waals surface area contributed by atoms with Crippen LogP contribution >= 0.6 is 0 Å². The van der Waals surface area contributed by atoms with Gasteiger partial charge in [-0.3, -0.25) is 29.4 Å². The molecule has 4 fully saturated rings. The first-order chi connectivity index (χ1) is 14.8. The van der Waals surface area contributed by atoms with Crippen molar-refractivity contribution >= 4 is 17.5 Å². The summed E-state index contributed by atoms with van der Waals surface area (Å²) in [5.74, 6) is -3.05. The molecule has 3 saturated heterocycles. The summed E-state index contributed by atoms with van der Waals surface area (Å²) in [4.78, 5) is 49.8. The molecule has 2 aliphatic carbocycles. The molecular weight excluding hydrogens is 406 g/mol. The lowest BCUT2D eigenvalue weighted by Crippen LogP contribution is -2.63. The van der Waals surface area contributed by atoms with Crippen molar-refractivity contribution in [1.82, 2.24) is 10.2 Å². The maximum atomic E-state index is 12.4. The van der Waals surface area contributed by atoms with Gasteiger partial charge in [-0.1, -0.05) is 11.6 Å². The largest absolute Gasteiger partial charge is 0.481 e. The second-order valence-corrected chi connectivity index (χ2v) is 9.30. The number of allylic oxidation sites excluding steroid dienone is 3. The minimum absolute atomic E-state index is 0.0738. The van der Waals surface area contributed by atoms with Crippen molar-refractivity contribution in [2.75, 3.05) is 19.7 Å². The first-order valence-corrected chi connectivity index (χ1v) is 10.6. The molecule has 0 amide bonds. The van der Waals surface area contributed by atoms with E-state index >= 15 is 0 Å². The molecule has 2 N–H and O–H groups in total. The fourth-order valence-corrected chi connectivity index (χ4v) is 7.23. The van der Waals surface area contributed by atoms with E-state index in [0.29, 0.717) is 18.6 Å². The first kappa shape index (κ1) is 18.9. The number of piperidine rings is 1. The summed E-state index contributed by atoms with van der Waals surface area (Å²) in [6, 6.07) is -0.271. The van der Waals surface area contributed by atoms with Gasteiger partial charge in [-0.2, -0.15) is 0 Å². The summed E-state index contributed by atoms with van der Waals surface area (Å²) in [6.45, 7) is 1.87. The number of nitrogens with zero attached hydrogens (tertiary/aromatic N) is 2. The van der Waals surface area contributed by atoms with Crippen LogP contribution in [0, 0.1) is 27.4 Å². The molecule has 6 atom stereocenters. The van der Waals surface area contributed by atoms with Gasteiger partial charge in [-0.05, 0) is 37.0 Å². The molecule has 4 aliphatic heterocycles. The van der Waals surface area contributed by atoms with Gasteiger partial charge in [0.15, 0.2) is 0 Å². The predicted molar refractivity (Wildman–Crippen MR) is 103 cm³/mol. The van der Waals surface area contributed by atoms with Crippen molar-refractivity contribution < 1.29 is 29.2 Å². The number of hydrogen-bond donors (Lipinski definition) is 2. The molecule has 6 aliphatic rings. The smallest absolute Gasteiger partial charge is 0.343 e. The van der Waals surface area contributed by atoms with Crippen LogP contribution in [0.5, 0.6) is 0 Å². The zero-order valence-corrected chi connectivity index (χ0v) is 16.6. The topological polar surface area (TPSA) is 139 Å². The highest BCUT2D eigenvalue weighted by Gasteiger charge is 2.69. The molecule has 10 nitrogen and oxygen atoms in total. The van der Waals surface area contributed by atoms with Gasteiger partial charge in [-0.15, -0.1) is 0 Å². The maximum Gasteiger partial charge on any atom is 0.343 e. The third-order valence-corrected chi connectivity index (χ3v) is 8.26. The van der Waals surface area contributed by atoms with E-state index < -0.39 is 39.7 Å². The Morgan fingerprint density at radius 1 is 1.42 bits per heavy atom. The van der Waals surface area contributed by atoms with E-state index in [9.17, 15) is 29.6 Å². The molecule has 0 aromatic heterocycles. The zero-order valence-electron chi connectivity index (χ0n) is 16.6. The predicted octanol–water partition coefficient (Wildman–Crippen LogP) is 0.0350. The fourth-order valence-electron chi connectivity index (χ4n) is 7.23. The molecule has 4 heterocycles. The Morgan fingerprint density at radius 2 is 2.23 bits per heavy atom. The van der Waals surface area contributed by atoms with Crippen LogP contribution in [0.4, 0.5) is 0 Å². The highest BCUT2D eigenvalue weighted by atomic mass is 16.6. The Kier molecular flexibility index (Phi) is 3.72. The van der Waals surface area contributed by atoms with Gasteiger partial charge in [0.25, 0.3) is 0 Å². The Hall–Kier alpha value is -2.85. The van der Waals surface area contributed by atoms with Gasteiger partial charge < -0.3 is 15.2 Å². The van der Waals surface area contributed by atoms with Crippen LogP contribution < -0.4 is 5.32 Å². The summed E-state index contributed by atoms with van der Waals surface area (Å²) in [5.41, 5.74) is 0.637. The second kappa shape index (κ2) is 6.10. The number of rotatable bonds is 3. The highest BCUT2D eigenvalue weighted by Crippen LogP contribution is 2.64. The number of carbonyl (C=O) groups is 3. The number of aliphatic carboxylic acids is 1. The molecule has 1 saturated carbocycles. The molecule has 0 aromatic carbocycles. The van der Waals surface area contributed by atoms with Crippen molar-refractivity contribution in [3.8, 4) is 0 Å². The zero-order chi connectivity index (χ0) is 21.7. The average molecular weight is 427 g/mol. The molecular formula is C21H21N3O7. The minimum Gasteiger partial charge on any atom is -0.481 e. The number of nitrogens with one attached hydrogen (secondary N) is 1. The third kappa shape index (κ3) is 2.26. The fraction of sp³-hybridized carbons (Fsp3) is 0.571. The molecule has 0 unspecified atom stereocenters. The number of hydrogen-bond acceptors (Lipinski definition) is 8. The number of Topliss-reactive ketones (excluding diaryl/α,β-unsaturated/α-hetero) is 1. The van der Waals surface area contributed by atoms with Gasteiger partial charge in [0.2, 0.25) is 5.78 Å². The molecule has 10 heteroatoms. The minimum atomic E-state index is -1.11. The van der Waals surface area contributed by atoms with E-state index in [0.717, 1.165) is 19.5 Å². The summed E-state index contributed by atoms with van der Waals surface area (Å²) < 4.78 is 6.00. The Morgan fingerprint density at radius 3 is 2.97 bits per heavy atom. The van der Waals surface area contributed by atoms with E-state index in [1.807, 2.05) is 0 Å². The van der Waals surface area contributed by atoms with Crippen LogP contribution in [0.25, 0.3) is 0 Å². The number of nitro groups is 1. The highest BCUT2D eigenvalue weighted by molar-refractivity contribution is 6.48. The average Bonchev–Trinajstić information content (AvgIpc) is 3.18. The Bertz CT molecular complexity index is 1060. The molecule has 1 spiro atoms. The van der Waals surface area contributed by atoms with Crippen LogP contribution in [0.15, 0.2) is 34.7 Å². The van der Waals surface area contributed by atoms with Gasteiger partial charge in [-0.25, -0.2) is 0 Å². The van der Waals surface area contributed by atoms with Gasteiger partial charge in [0.05, 0.1) is 24.1 Å². The molecule has 0 radical (unpaired) electrons. The van der Waals surface area contributed by atoms with Gasteiger partial charge >= 0.3 is 17.4 Å². The number of carboxylic acids is 1. The van der Waals surface area contributed by atoms with E-state index in [-0.39, 0.29) is 36.0 Å². The lowest BCUT2D eigenvalue weighted by Gasteiger charge is -2.55. The summed E-state index contributed by atoms with van der Waals surface area (Å²) >= 11 is 0. The normalized spacial score (nSPS) is 40.5. The number of carboxylic acid groups (broad SMARTS) is 1. The van der Waals surface area contributed by atoms with Crippen LogP contribution in [0.1, 0.15) is 19.3 Å². The maximum absolute atomic E-state index is 12.4. The van der Waals surface area contributed by atoms with Gasteiger partial charge in [0, 0.05) is 30.0 Å². The standard InChI is InChI=1S/C21H21N3O7/c25-12-6-11-17(18(19(12)28)24(29)30)22-20-16-10-5-14-21(11,20)2-3-23(14)8-9(10)1-4-31-13(16)7-15(26)27/h1,6,10,13-14,16,20,22H,2-5,7-8H2,(H,26,27)/t10-,13-,14+,16+,20-,21-/m0/s1. The van der Waals surface area contributed by atoms with Crippen LogP contribution in [0.3, 0.4) is 0 Å². The number of ketones is 2. The van der Waals surface area contributed by atoms with Crippen molar-refractivity contribution in [3.05, 3.63) is 44.8 Å². The van der Waals surface area contributed by atoms with Gasteiger partial charge in [0.1, 0.15) is 5.70 Å². The van der Waals surface area contributed by atoms with Crippen molar-refractivity contribution in [1.29, 1.82) is 0 Å². The summed E-state index contributed by atoms with van der Waals surface area (Å²) in [5, 5.41) is 24.6. The monoisotopic (exact) mass is 427 g/mol. The second-order valence-electron chi connectivity index (χ2n) is 9.30. The number of carbonyl (C=O) groups excluding carboxylic acids is 2. The number of fused-ring (bicyclic) bond motifs is 2. The lowest BCUT2D eigenvalue weighted by atomic mass is 9.54. The van der Waals surface area contributed by atoms with Crippen molar-refractivity contribution in [2.45, 2.75) is 37.5 Å². The molecule has 2 bridgehead atoms. The SMILES string of the molecule is O=C(O)C[C@@H]1OCC=C2CN3CC[C@@]45C6=CC(=O)C(=O)C([N+](=O)[O-])=C6N[C@H]4[C@@H]1[C@H]2C[C@@H]35. The lowest BCUT2D eigenvalue weighted by molar-refractivity contribution is -0.419. The Labute approximate surface area is 176 Å². The van der Waals surface area contributed by atoms with E-state index in [4.69, 9.17) is 4.74 Å². The van der Waals surface area contributed by atoms with E-state index in [1.54, 1.807) is 0 Å². The first-order valence-electron chi connectivity index (χ1n) is 10.6. The van der Waals surface area contributed by atoms with Crippen LogP contribution in [0.2, 0.25) is 0 Å². The van der Waals surface area contributed by atoms with E-state index in [2.05, 4.69) is 16.3 Å². The quantitative estimate of drug-likeness (QED) is 0.210. The van der Waals surface area contributed by atoms with E-state index in [1.165, 1.54) is 11.6 Å². The summed E-state index contributed by atoms with van der Waals surface area (Å²) in [6.07, 6.45) is 4.09. The third-order valence-electron chi connectivity index (χ3n) is 8.26. The molecule has 31 heavy (non-hydrogen) atoms. The Balaban J connectivity index is 1.57. The molecule has 162 valence electrons. The van der Waals surface area contributed by atoms with Crippen LogP contribution in [-0.4, -0.2) is 70.3 Å². The van der Waals surface area contributed by atoms with Crippen LogP contribution in [-0.2, 0) is 19.1 Å². The summed E-state index contributed by atoms with van der Waals surface area (Å²) in [7, 11) is 0. The molecule has 0 aromatic rings. The van der Waals surface area contributed by atoms with Crippen molar-refractivity contribution in [3.63, 3.8) is 0 Å². The number of ether oxygens (including phenoxy) is 1. The van der Waals surface area contributed by atoms with Crippen molar-refractivity contribution in [2.24, 2.45) is 17.3 Å².